The number of nitrogens with one attached hydrogen (secondary N) is 1. The average molecular weight is 387 g/mol. The molecule has 4 rings (SSSR count). The third kappa shape index (κ3) is 3.56. The first-order valence-electron chi connectivity index (χ1n) is 9.76. The largest absolute Gasteiger partial charge is 0.366 e. The van der Waals surface area contributed by atoms with E-state index < -0.39 is 5.91 Å². The Labute approximate surface area is 170 Å². The van der Waals surface area contributed by atoms with E-state index in [1.807, 2.05) is 55.5 Å². The van der Waals surface area contributed by atoms with Crippen LogP contribution in [0.15, 0.2) is 54.6 Å². The van der Waals surface area contributed by atoms with Gasteiger partial charge in [0.05, 0.1) is 11.3 Å². The van der Waals surface area contributed by atoms with E-state index >= 15 is 0 Å². The minimum absolute atomic E-state index is 0.0785. The van der Waals surface area contributed by atoms with Crippen LogP contribution < -0.4 is 11.1 Å². The van der Waals surface area contributed by atoms with Crippen molar-refractivity contribution < 1.29 is 9.59 Å². The first-order chi connectivity index (χ1) is 13.7. The third-order valence-electron chi connectivity index (χ3n) is 5.45. The van der Waals surface area contributed by atoms with E-state index in [0.29, 0.717) is 17.7 Å². The van der Waals surface area contributed by atoms with Crippen molar-refractivity contribution in [3.63, 3.8) is 0 Å². The van der Waals surface area contributed by atoms with Crippen LogP contribution in [-0.2, 0) is 6.42 Å². The number of ketones is 1. The van der Waals surface area contributed by atoms with Crippen molar-refractivity contribution in [2.75, 3.05) is 5.32 Å². The van der Waals surface area contributed by atoms with Gasteiger partial charge in [0.2, 0.25) is 0 Å². The van der Waals surface area contributed by atoms with Crippen molar-refractivity contribution in [2.45, 2.75) is 33.6 Å². The second-order valence-electron chi connectivity index (χ2n) is 8.51. The maximum atomic E-state index is 12.7. The first-order valence-corrected chi connectivity index (χ1v) is 9.76. The minimum atomic E-state index is -0.488. The number of para-hydroxylation sites is 1. The highest BCUT2D eigenvalue weighted by Gasteiger charge is 2.34. The van der Waals surface area contributed by atoms with Crippen LogP contribution in [0.4, 0.5) is 11.4 Å². The zero-order valence-electron chi connectivity index (χ0n) is 17.0. The van der Waals surface area contributed by atoms with Crippen LogP contribution in [0.25, 0.3) is 5.69 Å². The van der Waals surface area contributed by atoms with Gasteiger partial charge in [-0.3, -0.25) is 9.59 Å². The van der Waals surface area contributed by atoms with Gasteiger partial charge < -0.3 is 15.6 Å². The molecule has 0 radical (unpaired) electrons. The average Bonchev–Trinajstić information content (AvgIpc) is 2.97. The van der Waals surface area contributed by atoms with E-state index in [1.54, 1.807) is 6.07 Å². The molecule has 5 heteroatoms. The fraction of sp³-hybridized carbons (Fsp3) is 0.250. The summed E-state index contributed by atoms with van der Waals surface area (Å²) in [6.07, 6.45) is 1.38. The molecular weight excluding hydrogens is 362 g/mol. The van der Waals surface area contributed by atoms with Crippen LogP contribution in [0.5, 0.6) is 0 Å². The van der Waals surface area contributed by atoms with Gasteiger partial charge >= 0.3 is 0 Å². The molecule has 5 nitrogen and oxygen atoms in total. The van der Waals surface area contributed by atoms with Crippen molar-refractivity contribution in [2.24, 2.45) is 11.1 Å². The molecule has 3 N–H and O–H groups in total. The number of carbonyl (C=O) groups is 2. The molecule has 0 aliphatic heterocycles. The molecule has 0 saturated carbocycles. The summed E-state index contributed by atoms with van der Waals surface area (Å²) in [5.74, 6) is -0.299. The number of amides is 1. The fourth-order valence-electron chi connectivity index (χ4n) is 4.18. The van der Waals surface area contributed by atoms with Gasteiger partial charge in [0.25, 0.3) is 5.91 Å². The van der Waals surface area contributed by atoms with Crippen LogP contribution in [0.1, 0.15) is 52.4 Å². The highest BCUT2D eigenvalue weighted by molar-refractivity contribution is 6.00. The Kier molecular flexibility index (Phi) is 4.53. The van der Waals surface area contributed by atoms with Gasteiger partial charge in [0.1, 0.15) is 0 Å². The van der Waals surface area contributed by atoms with Gasteiger partial charge in [-0.05, 0) is 55.2 Å². The Bertz CT molecular complexity index is 1110. The molecule has 0 spiro atoms. The second-order valence-corrected chi connectivity index (χ2v) is 8.51. The summed E-state index contributed by atoms with van der Waals surface area (Å²) in [7, 11) is 0. The Morgan fingerprint density at radius 1 is 1.07 bits per heavy atom. The SMILES string of the molecule is Cc1cc2c(n1-c1ccc(C(N)=O)c(Nc3ccccc3)c1)CC(C)(C)CC2=O. The number of fused-ring (bicyclic) bond motifs is 1. The summed E-state index contributed by atoms with van der Waals surface area (Å²) in [6.45, 7) is 6.25. The lowest BCUT2D eigenvalue weighted by Gasteiger charge is -2.30. The molecule has 0 fully saturated rings. The van der Waals surface area contributed by atoms with E-state index in [4.69, 9.17) is 5.73 Å². The molecule has 1 amide bonds. The Balaban J connectivity index is 1.84. The van der Waals surface area contributed by atoms with Crippen LogP contribution in [0, 0.1) is 12.3 Å². The summed E-state index contributed by atoms with van der Waals surface area (Å²) in [6, 6.07) is 17.2. The molecule has 0 atom stereocenters. The molecule has 1 heterocycles. The van der Waals surface area contributed by atoms with Crippen LogP contribution in [0.3, 0.4) is 0 Å². The standard InChI is InChI=1S/C24H25N3O2/c1-15-11-19-21(13-24(2,3)14-22(19)28)27(15)17-9-10-18(23(25)29)20(12-17)26-16-7-5-4-6-8-16/h4-12,26H,13-14H2,1-3H3,(H2,25,29). The molecule has 1 aliphatic carbocycles. The molecule has 0 bridgehead atoms. The highest BCUT2D eigenvalue weighted by atomic mass is 16.1. The zero-order valence-corrected chi connectivity index (χ0v) is 17.0. The van der Waals surface area contributed by atoms with Crippen molar-refractivity contribution in [1.29, 1.82) is 0 Å². The van der Waals surface area contributed by atoms with E-state index in [-0.39, 0.29) is 11.2 Å². The predicted molar refractivity (Wildman–Crippen MR) is 115 cm³/mol. The van der Waals surface area contributed by atoms with Crippen molar-refractivity contribution >= 4 is 23.1 Å². The van der Waals surface area contributed by atoms with Crippen molar-refractivity contribution in [1.82, 2.24) is 4.57 Å². The van der Waals surface area contributed by atoms with Crippen LogP contribution >= 0.6 is 0 Å². The monoisotopic (exact) mass is 387 g/mol. The van der Waals surface area contributed by atoms with E-state index in [0.717, 1.165) is 34.7 Å². The number of anilines is 2. The lowest BCUT2D eigenvalue weighted by molar-refractivity contribution is 0.0910. The number of Topliss-reactive ketones (excluding diaryl/α,β-unsaturated/α-hetero) is 1. The normalized spacial score (nSPS) is 15.1. The van der Waals surface area contributed by atoms with Crippen molar-refractivity contribution in [3.8, 4) is 5.69 Å². The van der Waals surface area contributed by atoms with Gasteiger partial charge in [-0.1, -0.05) is 32.0 Å². The molecule has 1 aromatic heterocycles. The van der Waals surface area contributed by atoms with E-state index in [9.17, 15) is 9.59 Å². The number of primary amides is 1. The molecule has 0 unspecified atom stereocenters. The Morgan fingerprint density at radius 3 is 2.48 bits per heavy atom. The number of aromatic nitrogens is 1. The minimum Gasteiger partial charge on any atom is -0.366 e. The molecule has 29 heavy (non-hydrogen) atoms. The third-order valence-corrected chi connectivity index (χ3v) is 5.45. The predicted octanol–water partition coefficient (Wildman–Crippen LogP) is 4.78. The molecule has 148 valence electrons. The Morgan fingerprint density at radius 2 is 1.79 bits per heavy atom. The van der Waals surface area contributed by atoms with Crippen LogP contribution in [0.2, 0.25) is 0 Å². The first kappa shape index (κ1) is 19.0. The number of aryl methyl sites for hydroxylation is 1. The topological polar surface area (TPSA) is 77.1 Å². The molecule has 1 aliphatic rings. The number of rotatable bonds is 4. The summed E-state index contributed by atoms with van der Waals surface area (Å²) in [4.78, 5) is 24.6. The zero-order chi connectivity index (χ0) is 20.8. The number of nitrogens with zero attached hydrogens (tertiary/aromatic N) is 1. The molecule has 0 saturated heterocycles. The van der Waals surface area contributed by atoms with Crippen LogP contribution in [-0.4, -0.2) is 16.3 Å². The van der Waals surface area contributed by atoms with Gasteiger partial charge in [0, 0.05) is 34.7 Å². The van der Waals surface area contributed by atoms with Gasteiger partial charge in [-0.15, -0.1) is 0 Å². The van der Waals surface area contributed by atoms with Gasteiger partial charge in [0.15, 0.2) is 5.78 Å². The maximum absolute atomic E-state index is 12.7. The maximum Gasteiger partial charge on any atom is 0.250 e. The lowest BCUT2D eigenvalue weighted by atomic mass is 9.76. The van der Waals surface area contributed by atoms with E-state index in [2.05, 4.69) is 23.7 Å². The number of nitrogens with two attached hydrogens (primary N) is 1. The van der Waals surface area contributed by atoms with Crippen molar-refractivity contribution in [3.05, 3.63) is 77.1 Å². The number of hydrogen-bond donors (Lipinski definition) is 2. The fourth-order valence-corrected chi connectivity index (χ4v) is 4.18. The number of carbonyl (C=O) groups excluding carboxylic acids is 2. The summed E-state index contributed by atoms with van der Waals surface area (Å²) in [5, 5.41) is 3.30. The van der Waals surface area contributed by atoms with E-state index in [1.165, 1.54) is 0 Å². The van der Waals surface area contributed by atoms with Gasteiger partial charge in [-0.25, -0.2) is 0 Å². The smallest absolute Gasteiger partial charge is 0.250 e. The van der Waals surface area contributed by atoms with Gasteiger partial charge in [-0.2, -0.15) is 0 Å². The highest BCUT2D eigenvalue weighted by Crippen LogP contribution is 2.38. The quantitative estimate of drug-likeness (QED) is 0.676. The summed E-state index contributed by atoms with van der Waals surface area (Å²) < 4.78 is 2.12. The molecular formula is C24H25N3O2. The second kappa shape index (κ2) is 6.92. The summed E-state index contributed by atoms with van der Waals surface area (Å²) in [5.41, 5.74) is 11.2. The molecule has 3 aromatic rings. The Hall–Kier alpha value is -3.34. The lowest BCUT2D eigenvalue weighted by Crippen LogP contribution is -2.27. The number of hydrogen-bond acceptors (Lipinski definition) is 3. The number of benzene rings is 2. The summed E-state index contributed by atoms with van der Waals surface area (Å²) >= 11 is 0. The molecule has 2 aromatic carbocycles.